The van der Waals surface area contributed by atoms with Crippen LogP contribution in [0.25, 0.3) is 11.6 Å². The second kappa shape index (κ2) is 7.64. The number of anilines is 1. The molecule has 2 aromatic rings. The molecule has 0 spiro atoms. The Hall–Kier alpha value is -1.07. The van der Waals surface area contributed by atoms with Crippen LogP contribution in [-0.2, 0) is 4.79 Å². The molecule has 0 aliphatic rings. The Morgan fingerprint density at radius 3 is 2.25 bits per heavy atom. The van der Waals surface area contributed by atoms with E-state index >= 15 is 0 Å². The summed E-state index contributed by atoms with van der Waals surface area (Å²) < 4.78 is 0.930. The molecule has 0 aliphatic carbocycles. The van der Waals surface area contributed by atoms with Gasteiger partial charge in [0.2, 0.25) is 0 Å². The predicted octanol–water partition coefficient (Wildman–Crippen LogP) is -0.674. The summed E-state index contributed by atoms with van der Waals surface area (Å²) in [7, 11) is 0. The third kappa shape index (κ3) is 4.21. The first kappa shape index (κ1) is 17.0. The van der Waals surface area contributed by atoms with Gasteiger partial charge >= 0.3 is 29.6 Å². The van der Waals surface area contributed by atoms with E-state index in [4.69, 9.17) is 5.73 Å². The van der Waals surface area contributed by atoms with Crippen LogP contribution in [0.15, 0.2) is 53.0 Å². The fourth-order valence-corrected chi connectivity index (χ4v) is 1.98. The van der Waals surface area contributed by atoms with E-state index in [-0.39, 0.29) is 35.1 Å². The standard InChI is InChI=1S/C15H12BrNO2.Na/c16-11-7-5-10(6-8-11)9-13(15(18)19)12-3-1-2-4-14(12)17;/h1-9H,17H2,(H,18,19);/q;+1/p-1/b13-9+;. The van der Waals surface area contributed by atoms with E-state index in [2.05, 4.69) is 15.9 Å². The van der Waals surface area contributed by atoms with E-state index in [9.17, 15) is 9.90 Å². The van der Waals surface area contributed by atoms with E-state index in [0.717, 1.165) is 10.0 Å². The number of para-hydroxylation sites is 1. The van der Waals surface area contributed by atoms with Gasteiger partial charge in [-0.2, -0.15) is 0 Å². The molecule has 0 heterocycles. The van der Waals surface area contributed by atoms with Gasteiger partial charge in [-0.05, 0) is 29.8 Å². The number of carbonyl (C=O) groups excluding carboxylic acids is 1. The zero-order valence-corrected chi connectivity index (χ0v) is 14.6. The molecular weight excluding hydrogens is 329 g/mol. The summed E-state index contributed by atoms with van der Waals surface area (Å²) in [6, 6.07) is 14.1. The number of carboxylic acid groups (broad SMARTS) is 1. The van der Waals surface area contributed by atoms with Gasteiger partial charge in [0, 0.05) is 21.3 Å². The number of carbonyl (C=O) groups is 1. The Bertz CT molecular complexity index is 639. The molecular formula is C15H11BrNNaO2. The third-order valence-electron chi connectivity index (χ3n) is 2.65. The molecule has 0 saturated heterocycles. The SMILES string of the molecule is Nc1ccccc1/C(=C\c1ccc(Br)cc1)C(=O)[O-].[Na+]. The number of carboxylic acids is 1. The minimum Gasteiger partial charge on any atom is -0.545 e. The second-order valence-electron chi connectivity index (χ2n) is 3.98. The molecule has 0 aromatic heterocycles. The number of rotatable bonds is 3. The summed E-state index contributed by atoms with van der Waals surface area (Å²) in [6.07, 6.45) is 1.55. The van der Waals surface area contributed by atoms with Crippen LogP contribution in [0.1, 0.15) is 11.1 Å². The number of benzene rings is 2. The van der Waals surface area contributed by atoms with Crippen LogP contribution in [0.4, 0.5) is 5.69 Å². The molecule has 2 N–H and O–H groups in total. The molecule has 0 amide bonds. The zero-order chi connectivity index (χ0) is 13.8. The summed E-state index contributed by atoms with van der Waals surface area (Å²) in [4.78, 5) is 11.3. The minimum atomic E-state index is -1.25. The molecule has 2 rings (SSSR count). The van der Waals surface area contributed by atoms with Crippen LogP contribution in [0.2, 0.25) is 0 Å². The predicted molar refractivity (Wildman–Crippen MR) is 77.9 cm³/mol. The Labute approximate surface area is 147 Å². The van der Waals surface area contributed by atoms with Crippen molar-refractivity contribution in [3.8, 4) is 0 Å². The fourth-order valence-electron chi connectivity index (χ4n) is 1.71. The number of halogens is 1. The van der Waals surface area contributed by atoms with Crippen molar-refractivity contribution in [2.75, 3.05) is 5.73 Å². The van der Waals surface area contributed by atoms with Crippen LogP contribution in [-0.4, -0.2) is 5.97 Å². The molecule has 0 atom stereocenters. The van der Waals surface area contributed by atoms with E-state index < -0.39 is 5.97 Å². The number of nitrogen functional groups attached to an aromatic ring is 1. The van der Waals surface area contributed by atoms with E-state index in [1.165, 1.54) is 0 Å². The quantitative estimate of drug-likeness (QED) is 0.349. The maximum absolute atomic E-state index is 11.3. The molecule has 96 valence electrons. The van der Waals surface area contributed by atoms with Crippen LogP contribution < -0.4 is 40.4 Å². The zero-order valence-electron chi connectivity index (χ0n) is 11.0. The Morgan fingerprint density at radius 2 is 1.70 bits per heavy atom. The topological polar surface area (TPSA) is 66.2 Å². The molecule has 0 unspecified atom stereocenters. The average Bonchev–Trinajstić information content (AvgIpc) is 2.39. The largest absolute Gasteiger partial charge is 1.00 e. The second-order valence-corrected chi connectivity index (χ2v) is 4.90. The van der Waals surface area contributed by atoms with Crippen molar-refractivity contribution in [1.82, 2.24) is 0 Å². The maximum Gasteiger partial charge on any atom is 1.00 e. The molecule has 5 heteroatoms. The van der Waals surface area contributed by atoms with Crippen LogP contribution in [0.3, 0.4) is 0 Å². The first-order chi connectivity index (χ1) is 9.08. The van der Waals surface area contributed by atoms with Crippen molar-refractivity contribution < 1.29 is 39.5 Å². The summed E-state index contributed by atoms with van der Waals surface area (Å²) >= 11 is 3.33. The monoisotopic (exact) mass is 339 g/mol. The van der Waals surface area contributed by atoms with Gasteiger partial charge in [-0.1, -0.05) is 46.3 Å². The van der Waals surface area contributed by atoms with Crippen LogP contribution >= 0.6 is 15.9 Å². The van der Waals surface area contributed by atoms with Gasteiger partial charge in [0.25, 0.3) is 0 Å². The van der Waals surface area contributed by atoms with E-state index in [1.54, 1.807) is 30.3 Å². The number of nitrogens with two attached hydrogens (primary N) is 1. The summed E-state index contributed by atoms with van der Waals surface area (Å²) in [5, 5.41) is 11.3. The van der Waals surface area contributed by atoms with Crippen molar-refractivity contribution in [2.45, 2.75) is 0 Å². The average molecular weight is 340 g/mol. The number of hydrogen-bond donors (Lipinski definition) is 1. The van der Waals surface area contributed by atoms with Gasteiger partial charge in [-0.25, -0.2) is 0 Å². The van der Waals surface area contributed by atoms with Crippen molar-refractivity contribution in [3.05, 3.63) is 64.1 Å². The first-order valence-corrected chi connectivity index (χ1v) is 6.40. The van der Waals surface area contributed by atoms with Crippen LogP contribution in [0.5, 0.6) is 0 Å². The maximum atomic E-state index is 11.3. The molecule has 0 fully saturated rings. The normalized spacial score (nSPS) is 10.8. The molecule has 0 radical (unpaired) electrons. The van der Waals surface area contributed by atoms with Crippen molar-refractivity contribution in [3.63, 3.8) is 0 Å². The molecule has 0 aliphatic heterocycles. The van der Waals surface area contributed by atoms with Crippen molar-refractivity contribution in [1.29, 1.82) is 0 Å². The smallest absolute Gasteiger partial charge is 0.545 e. The fraction of sp³-hybridized carbons (Fsp3) is 0. The summed E-state index contributed by atoms with van der Waals surface area (Å²) in [6.45, 7) is 0. The van der Waals surface area contributed by atoms with E-state index in [1.807, 2.05) is 24.3 Å². The van der Waals surface area contributed by atoms with Crippen LogP contribution in [0, 0.1) is 0 Å². The Kier molecular flexibility index (Phi) is 6.49. The van der Waals surface area contributed by atoms with Crippen molar-refractivity contribution in [2.24, 2.45) is 0 Å². The number of aliphatic carboxylic acids is 1. The first-order valence-electron chi connectivity index (χ1n) is 5.61. The number of hydrogen-bond acceptors (Lipinski definition) is 3. The summed E-state index contributed by atoms with van der Waals surface area (Å²) in [5.74, 6) is -1.25. The van der Waals surface area contributed by atoms with Gasteiger partial charge in [-0.3, -0.25) is 0 Å². The molecule has 2 aromatic carbocycles. The van der Waals surface area contributed by atoms with Gasteiger partial charge in [0.1, 0.15) is 0 Å². The van der Waals surface area contributed by atoms with E-state index in [0.29, 0.717) is 11.3 Å². The Balaban J connectivity index is 0.00000200. The van der Waals surface area contributed by atoms with Crippen molar-refractivity contribution >= 4 is 39.2 Å². The van der Waals surface area contributed by atoms with Gasteiger partial charge in [0.15, 0.2) is 0 Å². The van der Waals surface area contributed by atoms with Gasteiger partial charge < -0.3 is 15.6 Å². The summed E-state index contributed by atoms with van der Waals surface area (Å²) in [5.41, 5.74) is 7.51. The minimum absolute atomic E-state index is 0. The Morgan fingerprint density at radius 1 is 1.10 bits per heavy atom. The molecule has 20 heavy (non-hydrogen) atoms. The molecule has 3 nitrogen and oxygen atoms in total. The van der Waals surface area contributed by atoms with Gasteiger partial charge in [0.05, 0.1) is 5.97 Å². The molecule has 0 bridgehead atoms. The third-order valence-corrected chi connectivity index (χ3v) is 3.18. The van der Waals surface area contributed by atoms with Gasteiger partial charge in [-0.15, -0.1) is 0 Å². The molecule has 0 saturated carbocycles.